The van der Waals surface area contributed by atoms with E-state index >= 15 is 0 Å². The Morgan fingerprint density at radius 1 is 0.760 bits per heavy atom. The lowest BCUT2D eigenvalue weighted by Gasteiger charge is -2.41. The minimum atomic E-state index is -0.391. The molecule has 0 N–H and O–H groups in total. The van der Waals surface area contributed by atoms with Crippen LogP contribution >= 0.6 is 8.15 Å². The van der Waals surface area contributed by atoms with Crippen molar-refractivity contribution in [1.82, 2.24) is 0 Å². The van der Waals surface area contributed by atoms with Crippen molar-refractivity contribution in [3.63, 3.8) is 0 Å². The molecule has 4 heteroatoms. The van der Waals surface area contributed by atoms with Crippen LogP contribution in [0.1, 0.15) is 27.7 Å². The van der Waals surface area contributed by atoms with Crippen molar-refractivity contribution in [2.75, 3.05) is 0 Å². The Kier molecular flexibility index (Phi) is 3.28. The van der Waals surface area contributed by atoms with Crippen molar-refractivity contribution in [3.8, 4) is 0 Å². The summed E-state index contributed by atoms with van der Waals surface area (Å²) in [4.78, 5) is 0. The summed E-state index contributed by atoms with van der Waals surface area (Å²) in [7, 11) is -0.391. The van der Waals surface area contributed by atoms with Crippen LogP contribution in [0.4, 0.5) is 0 Å². The Hall–Kier alpha value is -0.210. The molecule has 1 aliphatic carbocycles. The maximum Gasteiger partial charge on any atom is 0.0751 e. The standard InChI is InChI=1S/C21H29O3P/c1-9(2)16-13-14(17(22-16)10(3)4)20-21-15(19(13)23-20)18-11-7-5-6-8-12(11)25(21)24-18/h5-21H,1-4H3. The average Bonchev–Trinajstić information content (AvgIpc) is 3.34. The van der Waals surface area contributed by atoms with Crippen LogP contribution in [0.25, 0.3) is 0 Å². The van der Waals surface area contributed by atoms with Gasteiger partial charge in [-0.15, -0.1) is 0 Å². The van der Waals surface area contributed by atoms with Crippen LogP contribution in [-0.4, -0.2) is 41.8 Å². The van der Waals surface area contributed by atoms with Gasteiger partial charge in [-0.3, -0.25) is 0 Å². The second-order valence-corrected chi connectivity index (χ2v) is 11.7. The Labute approximate surface area is 152 Å². The van der Waals surface area contributed by atoms with Crippen LogP contribution in [-0.2, 0) is 14.0 Å². The topological polar surface area (TPSA) is 27.7 Å². The van der Waals surface area contributed by atoms with Gasteiger partial charge >= 0.3 is 0 Å². The van der Waals surface area contributed by atoms with Gasteiger partial charge in [0, 0.05) is 43.1 Å². The van der Waals surface area contributed by atoms with E-state index in [1.165, 1.54) is 0 Å². The van der Waals surface area contributed by atoms with Gasteiger partial charge in [-0.2, -0.15) is 0 Å². The van der Waals surface area contributed by atoms with Crippen LogP contribution in [0, 0.1) is 35.5 Å². The van der Waals surface area contributed by atoms with Crippen molar-refractivity contribution in [3.05, 3.63) is 24.3 Å². The molecule has 12 unspecified atom stereocenters. The molecule has 5 heterocycles. The number of ether oxygens (including phenoxy) is 2. The molecule has 5 aliphatic heterocycles. The molecule has 3 nitrogen and oxygen atoms in total. The molecule has 4 bridgehead atoms. The summed E-state index contributed by atoms with van der Waals surface area (Å²) >= 11 is 0. The van der Waals surface area contributed by atoms with Gasteiger partial charge in [-0.25, -0.2) is 0 Å². The molecule has 6 rings (SSSR count). The van der Waals surface area contributed by atoms with Crippen molar-refractivity contribution in [2.45, 2.75) is 69.5 Å². The molecule has 0 aromatic carbocycles. The molecule has 136 valence electrons. The van der Waals surface area contributed by atoms with E-state index in [1.54, 1.807) is 0 Å². The number of hydrogen-bond acceptors (Lipinski definition) is 3. The normalized spacial score (nSPS) is 59.9. The predicted molar refractivity (Wildman–Crippen MR) is 98.6 cm³/mol. The molecule has 0 radical (unpaired) electrons. The van der Waals surface area contributed by atoms with E-state index in [-0.39, 0.29) is 0 Å². The SMILES string of the molecule is CC(C)C1OC(C(C)C)C2C3OC(C12)C1C2OP(C4C=CC=CC24)C31. The quantitative estimate of drug-likeness (QED) is 0.697. The van der Waals surface area contributed by atoms with Gasteiger partial charge in [0.05, 0.1) is 30.5 Å². The highest BCUT2D eigenvalue weighted by Gasteiger charge is 2.75. The van der Waals surface area contributed by atoms with Crippen molar-refractivity contribution in [1.29, 1.82) is 0 Å². The van der Waals surface area contributed by atoms with E-state index in [4.69, 9.17) is 14.0 Å². The van der Waals surface area contributed by atoms with Gasteiger partial charge in [-0.1, -0.05) is 52.0 Å². The van der Waals surface area contributed by atoms with Crippen molar-refractivity contribution < 1.29 is 14.0 Å². The Bertz CT molecular complexity index is 591. The average molecular weight is 360 g/mol. The lowest BCUT2D eigenvalue weighted by molar-refractivity contribution is -0.0656. The first-order valence-electron chi connectivity index (χ1n) is 10.2. The maximum absolute atomic E-state index is 6.76. The molecule has 25 heavy (non-hydrogen) atoms. The van der Waals surface area contributed by atoms with Crippen LogP contribution in [0.3, 0.4) is 0 Å². The number of hydrogen-bond donors (Lipinski definition) is 0. The van der Waals surface area contributed by atoms with Crippen LogP contribution < -0.4 is 0 Å². The summed E-state index contributed by atoms with van der Waals surface area (Å²) in [5.41, 5.74) is 1.28. The third-order valence-electron chi connectivity index (χ3n) is 7.75. The van der Waals surface area contributed by atoms with E-state index < -0.39 is 8.15 Å². The minimum absolute atomic E-state index is 0.359. The monoisotopic (exact) mass is 360 g/mol. The van der Waals surface area contributed by atoms with Gasteiger partial charge < -0.3 is 14.0 Å². The fourth-order valence-corrected chi connectivity index (χ4v) is 10.3. The van der Waals surface area contributed by atoms with Gasteiger partial charge in [-0.05, 0) is 11.8 Å². The zero-order valence-corrected chi connectivity index (χ0v) is 16.4. The fourth-order valence-electron chi connectivity index (χ4n) is 6.99. The summed E-state index contributed by atoms with van der Waals surface area (Å²) in [6.07, 6.45) is 11.1. The van der Waals surface area contributed by atoms with Crippen LogP contribution in [0.15, 0.2) is 24.3 Å². The van der Waals surface area contributed by atoms with Gasteiger partial charge in [0.2, 0.25) is 0 Å². The molecule has 12 atom stereocenters. The fraction of sp³-hybridized carbons (Fsp3) is 0.810. The molecule has 5 saturated heterocycles. The first kappa shape index (κ1) is 15.8. The lowest BCUT2D eigenvalue weighted by atomic mass is 9.65. The zero-order valence-electron chi connectivity index (χ0n) is 15.5. The number of allylic oxidation sites excluding steroid dienone is 3. The lowest BCUT2D eigenvalue weighted by Crippen LogP contribution is -2.51. The molecular weight excluding hydrogens is 331 g/mol. The van der Waals surface area contributed by atoms with Crippen molar-refractivity contribution >= 4 is 8.15 Å². The number of fused-ring (bicyclic) bond motifs is 15. The Morgan fingerprint density at radius 3 is 2.16 bits per heavy atom. The highest BCUT2D eigenvalue weighted by molar-refractivity contribution is 7.55. The highest BCUT2D eigenvalue weighted by atomic mass is 31.1. The highest BCUT2D eigenvalue weighted by Crippen LogP contribution is 2.76. The summed E-state index contributed by atoms with van der Waals surface area (Å²) in [6, 6.07) is 0. The largest absolute Gasteiger partial charge is 0.374 e. The van der Waals surface area contributed by atoms with Gasteiger partial charge in [0.25, 0.3) is 0 Å². The van der Waals surface area contributed by atoms with Crippen molar-refractivity contribution in [2.24, 2.45) is 35.5 Å². The third kappa shape index (κ3) is 1.82. The van der Waals surface area contributed by atoms with E-state index in [2.05, 4.69) is 52.0 Å². The predicted octanol–water partition coefficient (Wildman–Crippen LogP) is 3.98. The molecule has 6 aliphatic rings. The first-order valence-corrected chi connectivity index (χ1v) is 11.6. The minimum Gasteiger partial charge on any atom is -0.374 e. The van der Waals surface area contributed by atoms with Gasteiger partial charge in [0.1, 0.15) is 0 Å². The van der Waals surface area contributed by atoms with E-state index in [1.807, 2.05) is 0 Å². The third-order valence-corrected chi connectivity index (χ3v) is 10.6. The molecule has 5 fully saturated rings. The zero-order chi connectivity index (χ0) is 17.0. The molecule has 0 amide bonds. The van der Waals surface area contributed by atoms with E-state index in [9.17, 15) is 0 Å². The first-order chi connectivity index (χ1) is 12.1. The van der Waals surface area contributed by atoms with Crippen LogP contribution in [0.5, 0.6) is 0 Å². The summed E-state index contributed by atoms with van der Waals surface area (Å²) < 4.78 is 20.1. The molecular formula is C21H29O3P. The molecule has 0 saturated carbocycles. The summed E-state index contributed by atoms with van der Waals surface area (Å²) in [5, 5.41) is 0. The van der Waals surface area contributed by atoms with E-state index in [0.29, 0.717) is 77.3 Å². The summed E-state index contributed by atoms with van der Waals surface area (Å²) in [6.45, 7) is 9.28. The van der Waals surface area contributed by atoms with E-state index in [0.717, 1.165) is 0 Å². The maximum atomic E-state index is 6.76. The van der Waals surface area contributed by atoms with Crippen LogP contribution in [0.2, 0.25) is 0 Å². The summed E-state index contributed by atoms with van der Waals surface area (Å²) in [5.74, 6) is 3.51. The molecule has 0 aromatic heterocycles. The Morgan fingerprint density at radius 2 is 1.44 bits per heavy atom. The second-order valence-electron chi connectivity index (χ2n) is 9.61. The smallest absolute Gasteiger partial charge is 0.0751 e. The second kappa shape index (κ2) is 5.19. The molecule has 0 aromatic rings. The number of rotatable bonds is 2. The Balaban J connectivity index is 1.39. The molecule has 0 spiro atoms. The van der Waals surface area contributed by atoms with Gasteiger partial charge in [0.15, 0.2) is 0 Å².